The summed E-state index contributed by atoms with van der Waals surface area (Å²) >= 11 is 2.18. The first-order valence-electron chi connectivity index (χ1n) is 10.2. The Balaban J connectivity index is 1.69. The number of amides is 2. The van der Waals surface area contributed by atoms with E-state index in [1.165, 1.54) is 11.8 Å². The molecule has 0 aliphatic carbocycles. The van der Waals surface area contributed by atoms with Crippen molar-refractivity contribution in [3.63, 3.8) is 0 Å². The zero-order chi connectivity index (χ0) is 24.1. The Bertz CT molecular complexity index is 1170. The fraction of sp³-hybridized carbons (Fsp3) is 0.318. The number of esters is 1. The summed E-state index contributed by atoms with van der Waals surface area (Å²) in [5, 5.41) is 11.9. The quantitative estimate of drug-likeness (QED) is 0.350. The number of nitrogens with zero attached hydrogens (tertiary/aromatic N) is 3. The van der Waals surface area contributed by atoms with Crippen LogP contribution in [-0.2, 0) is 23.0 Å². The SMILES string of the molecule is Cc1c(C(N)=O)sc(NC(=O)CSc2nnc(Cc3ccccc3)n2C)c1C(=O)OC(C)C. The summed E-state index contributed by atoms with van der Waals surface area (Å²) in [6.45, 7) is 5.04. The van der Waals surface area contributed by atoms with Gasteiger partial charge in [-0.3, -0.25) is 9.59 Å². The highest BCUT2D eigenvalue weighted by Gasteiger charge is 2.26. The van der Waals surface area contributed by atoms with Gasteiger partial charge in [0.2, 0.25) is 5.91 Å². The van der Waals surface area contributed by atoms with Gasteiger partial charge in [0.15, 0.2) is 5.16 Å². The molecule has 0 spiro atoms. The molecular formula is C22H25N5O4S2. The Hall–Kier alpha value is -3.18. The van der Waals surface area contributed by atoms with E-state index in [0.717, 1.165) is 22.7 Å². The second-order valence-electron chi connectivity index (χ2n) is 7.54. The van der Waals surface area contributed by atoms with Crippen LogP contribution in [0.4, 0.5) is 5.00 Å². The lowest BCUT2D eigenvalue weighted by Gasteiger charge is -2.10. The van der Waals surface area contributed by atoms with Gasteiger partial charge in [-0.2, -0.15) is 0 Å². The van der Waals surface area contributed by atoms with Crippen LogP contribution in [-0.4, -0.2) is 44.4 Å². The molecule has 0 bridgehead atoms. The number of rotatable bonds is 9. The number of nitrogens with two attached hydrogens (primary N) is 1. The molecule has 0 fully saturated rings. The summed E-state index contributed by atoms with van der Waals surface area (Å²) in [4.78, 5) is 37.1. The number of ether oxygens (including phenoxy) is 1. The van der Waals surface area contributed by atoms with Gasteiger partial charge < -0.3 is 20.4 Å². The molecule has 174 valence electrons. The lowest BCUT2D eigenvalue weighted by molar-refractivity contribution is -0.113. The normalized spacial score (nSPS) is 10.9. The molecule has 0 saturated carbocycles. The maximum atomic E-state index is 12.6. The van der Waals surface area contributed by atoms with E-state index in [1.54, 1.807) is 20.8 Å². The van der Waals surface area contributed by atoms with E-state index in [9.17, 15) is 14.4 Å². The van der Waals surface area contributed by atoms with Crippen molar-refractivity contribution < 1.29 is 19.1 Å². The summed E-state index contributed by atoms with van der Waals surface area (Å²) < 4.78 is 7.11. The van der Waals surface area contributed by atoms with Crippen LogP contribution in [0.3, 0.4) is 0 Å². The molecule has 3 rings (SSSR count). The highest BCUT2D eigenvalue weighted by atomic mass is 32.2. The molecule has 33 heavy (non-hydrogen) atoms. The van der Waals surface area contributed by atoms with Crippen LogP contribution >= 0.6 is 23.1 Å². The van der Waals surface area contributed by atoms with Crippen LogP contribution in [0.2, 0.25) is 0 Å². The number of aromatic nitrogens is 3. The Morgan fingerprint density at radius 3 is 2.55 bits per heavy atom. The van der Waals surface area contributed by atoms with Gasteiger partial charge in [0.05, 0.1) is 22.3 Å². The van der Waals surface area contributed by atoms with Gasteiger partial charge in [-0.15, -0.1) is 21.5 Å². The molecule has 3 N–H and O–H groups in total. The third-order valence-corrected chi connectivity index (χ3v) is 6.87. The monoisotopic (exact) mass is 487 g/mol. The van der Waals surface area contributed by atoms with E-state index >= 15 is 0 Å². The average molecular weight is 488 g/mol. The Morgan fingerprint density at radius 1 is 1.21 bits per heavy atom. The first-order valence-corrected chi connectivity index (χ1v) is 12.0. The molecule has 2 heterocycles. The average Bonchev–Trinajstić information content (AvgIpc) is 3.26. The fourth-order valence-electron chi connectivity index (χ4n) is 3.05. The highest BCUT2D eigenvalue weighted by molar-refractivity contribution is 7.99. The maximum absolute atomic E-state index is 12.6. The van der Waals surface area contributed by atoms with Crippen molar-refractivity contribution in [1.82, 2.24) is 14.8 Å². The minimum Gasteiger partial charge on any atom is -0.459 e. The zero-order valence-electron chi connectivity index (χ0n) is 18.7. The Morgan fingerprint density at radius 2 is 1.91 bits per heavy atom. The van der Waals surface area contributed by atoms with Gasteiger partial charge >= 0.3 is 5.97 Å². The van der Waals surface area contributed by atoms with E-state index in [1.807, 2.05) is 41.9 Å². The van der Waals surface area contributed by atoms with Crippen LogP contribution < -0.4 is 11.1 Å². The number of benzene rings is 1. The lowest BCUT2D eigenvalue weighted by Crippen LogP contribution is -2.18. The number of carbonyl (C=O) groups excluding carboxylic acids is 3. The Kier molecular flexibility index (Phi) is 7.88. The van der Waals surface area contributed by atoms with Crippen LogP contribution in [0.1, 0.15) is 50.8 Å². The fourth-order valence-corrected chi connectivity index (χ4v) is 4.84. The minimum atomic E-state index is -0.670. The molecular weight excluding hydrogens is 462 g/mol. The van der Waals surface area contributed by atoms with Crippen molar-refractivity contribution >= 4 is 45.9 Å². The second kappa shape index (κ2) is 10.6. The first kappa shape index (κ1) is 24.5. The molecule has 9 nitrogen and oxygen atoms in total. The van der Waals surface area contributed by atoms with Crippen molar-refractivity contribution in [3.05, 3.63) is 57.7 Å². The number of carbonyl (C=O) groups is 3. The van der Waals surface area contributed by atoms with E-state index in [0.29, 0.717) is 17.1 Å². The van der Waals surface area contributed by atoms with E-state index in [2.05, 4.69) is 15.5 Å². The van der Waals surface area contributed by atoms with Gasteiger partial charge in [0, 0.05) is 13.5 Å². The molecule has 2 aromatic heterocycles. The third kappa shape index (κ3) is 5.99. The predicted octanol–water partition coefficient (Wildman–Crippen LogP) is 3.17. The molecule has 0 unspecified atom stereocenters. The van der Waals surface area contributed by atoms with Gasteiger partial charge in [-0.25, -0.2) is 4.79 Å². The summed E-state index contributed by atoms with van der Waals surface area (Å²) in [7, 11) is 1.85. The van der Waals surface area contributed by atoms with E-state index < -0.39 is 11.9 Å². The first-order chi connectivity index (χ1) is 15.7. The van der Waals surface area contributed by atoms with Crippen LogP contribution in [0, 0.1) is 6.92 Å². The van der Waals surface area contributed by atoms with Gasteiger partial charge in [-0.05, 0) is 31.9 Å². The van der Waals surface area contributed by atoms with Crippen molar-refractivity contribution in [2.24, 2.45) is 12.8 Å². The zero-order valence-corrected chi connectivity index (χ0v) is 20.4. The number of nitrogens with one attached hydrogen (secondary N) is 1. The van der Waals surface area contributed by atoms with Crippen LogP contribution in [0.5, 0.6) is 0 Å². The number of hydrogen-bond donors (Lipinski definition) is 2. The molecule has 0 radical (unpaired) electrons. The number of thiophene rings is 1. The van der Waals surface area contributed by atoms with Gasteiger partial charge in [0.25, 0.3) is 5.91 Å². The second-order valence-corrected chi connectivity index (χ2v) is 9.50. The summed E-state index contributed by atoms with van der Waals surface area (Å²) in [5.74, 6) is -0.825. The van der Waals surface area contributed by atoms with Gasteiger partial charge in [-0.1, -0.05) is 42.1 Å². The van der Waals surface area contributed by atoms with Crippen LogP contribution in [0.25, 0.3) is 0 Å². The number of anilines is 1. The predicted molar refractivity (Wildman–Crippen MR) is 128 cm³/mol. The molecule has 3 aromatic rings. The molecule has 0 saturated heterocycles. The van der Waals surface area contributed by atoms with Crippen LogP contribution in [0.15, 0.2) is 35.5 Å². The summed E-state index contributed by atoms with van der Waals surface area (Å²) in [5.41, 5.74) is 7.07. The number of primary amides is 1. The maximum Gasteiger partial charge on any atom is 0.341 e. The Labute approximate surface area is 199 Å². The summed E-state index contributed by atoms with van der Waals surface area (Å²) in [6, 6.07) is 9.91. The van der Waals surface area contributed by atoms with Crippen molar-refractivity contribution in [1.29, 1.82) is 0 Å². The largest absolute Gasteiger partial charge is 0.459 e. The molecule has 2 amide bonds. The molecule has 0 aliphatic rings. The third-order valence-electron chi connectivity index (χ3n) is 4.63. The van der Waals surface area contributed by atoms with E-state index in [-0.39, 0.29) is 33.2 Å². The number of hydrogen-bond acceptors (Lipinski definition) is 8. The standard InChI is InChI=1S/C22H25N5O4S2/c1-12(2)31-21(30)17-13(3)18(19(23)29)33-20(17)24-16(28)11-32-22-26-25-15(27(22)4)10-14-8-6-5-7-9-14/h5-9,12H,10-11H2,1-4H3,(H2,23,29)(H,24,28). The van der Waals surface area contributed by atoms with Crippen molar-refractivity contribution in [3.8, 4) is 0 Å². The summed E-state index contributed by atoms with van der Waals surface area (Å²) in [6.07, 6.45) is 0.275. The topological polar surface area (TPSA) is 129 Å². The minimum absolute atomic E-state index is 0.0405. The highest BCUT2D eigenvalue weighted by Crippen LogP contribution is 2.34. The molecule has 1 aromatic carbocycles. The van der Waals surface area contributed by atoms with Crippen molar-refractivity contribution in [2.75, 3.05) is 11.1 Å². The van der Waals surface area contributed by atoms with E-state index in [4.69, 9.17) is 10.5 Å². The lowest BCUT2D eigenvalue weighted by atomic mass is 10.1. The molecule has 11 heteroatoms. The molecule has 0 aliphatic heterocycles. The number of thioether (sulfide) groups is 1. The van der Waals surface area contributed by atoms with Gasteiger partial charge in [0.1, 0.15) is 10.8 Å². The molecule has 0 atom stereocenters. The smallest absolute Gasteiger partial charge is 0.341 e. The van der Waals surface area contributed by atoms with Crippen molar-refractivity contribution in [2.45, 2.75) is 38.5 Å².